The van der Waals surface area contributed by atoms with Crippen molar-refractivity contribution in [2.75, 3.05) is 6.61 Å². The Hall–Kier alpha value is -3.45. The van der Waals surface area contributed by atoms with E-state index in [1.165, 1.54) is 16.2 Å². The third kappa shape index (κ3) is 4.61. The first-order chi connectivity index (χ1) is 16.3. The van der Waals surface area contributed by atoms with E-state index in [0.29, 0.717) is 18.1 Å². The van der Waals surface area contributed by atoms with Gasteiger partial charge in [0.1, 0.15) is 17.6 Å². The molecule has 3 heterocycles. The Morgan fingerprint density at radius 1 is 1.12 bits per heavy atom. The first-order valence-electron chi connectivity index (χ1n) is 11.2. The molecule has 2 aromatic heterocycles. The molecule has 1 aromatic carbocycles. The average Bonchev–Trinajstić information content (AvgIpc) is 3.34. The van der Waals surface area contributed by atoms with Crippen LogP contribution in [0.3, 0.4) is 0 Å². The summed E-state index contributed by atoms with van der Waals surface area (Å²) in [5.74, 6) is -0.356. The zero-order valence-electron chi connectivity index (χ0n) is 19.7. The summed E-state index contributed by atoms with van der Waals surface area (Å²) in [6.07, 6.45) is 3.31. The highest BCUT2D eigenvalue weighted by Gasteiger charge is 2.47. The van der Waals surface area contributed by atoms with Gasteiger partial charge in [-0.2, -0.15) is 0 Å². The van der Waals surface area contributed by atoms with Gasteiger partial charge in [0, 0.05) is 29.4 Å². The number of Topliss-reactive ketones (excluding diaryl/α,β-unsaturated/α-hetero) is 1. The highest BCUT2D eigenvalue weighted by molar-refractivity contribution is 7.10. The van der Waals surface area contributed by atoms with Crippen molar-refractivity contribution in [3.63, 3.8) is 0 Å². The number of ether oxygens (including phenoxy) is 1. The van der Waals surface area contributed by atoms with Gasteiger partial charge in [-0.3, -0.25) is 14.6 Å². The van der Waals surface area contributed by atoms with E-state index in [-0.39, 0.29) is 17.9 Å². The minimum atomic E-state index is -0.679. The lowest BCUT2D eigenvalue weighted by Crippen LogP contribution is -2.29. The number of pyridine rings is 1. The van der Waals surface area contributed by atoms with Crippen LogP contribution in [0.1, 0.15) is 47.0 Å². The highest BCUT2D eigenvalue weighted by Crippen LogP contribution is 2.43. The van der Waals surface area contributed by atoms with Gasteiger partial charge in [0.2, 0.25) is 0 Å². The van der Waals surface area contributed by atoms with Crippen molar-refractivity contribution in [3.05, 3.63) is 86.9 Å². The van der Waals surface area contributed by atoms with Gasteiger partial charge in [-0.05, 0) is 78.2 Å². The molecule has 1 amide bonds. The Bertz CT molecular complexity index is 1250. The largest absolute Gasteiger partial charge is 0.507 e. The number of benzene rings is 1. The SMILES string of the molecule is Cc1cc(/C(O)=C2/C(=O)C(=O)N(Cc3ccncc3)C2c2sccc2C)ccc1OCC(C)C. The molecule has 0 bridgehead atoms. The lowest BCUT2D eigenvalue weighted by Gasteiger charge is -2.25. The summed E-state index contributed by atoms with van der Waals surface area (Å²) in [6, 6.07) is 10.2. The predicted octanol–water partition coefficient (Wildman–Crippen LogP) is 5.42. The van der Waals surface area contributed by atoms with Crippen molar-refractivity contribution < 1.29 is 19.4 Å². The number of nitrogens with zero attached hydrogens (tertiary/aromatic N) is 2. The van der Waals surface area contributed by atoms with Crippen molar-refractivity contribution in [1.82, 2.24) is 9.88 Å². The Morgan fingerprint density at radius 2 is 1.85 bits per heavy atom. The van der Waals surface area contributed by atoms with Gasteiger partial charge in [-0.15, -0.1) is 11.3 Å². The lowest BCUT2D eigenvalue weighted by atomic mass is 9.97. The van der Waals surface area contributed by atoms with Crippen LogP contribution in [0.25, 0.3) is 5.76 Å². The van der Waals surface area contributed by atoms with Crippen molar-refractivity contribution in [1.29, 1.82) is 0 Å². The summed E-state index contributed by atoms with van der Waals surface area (Å²) in [4.78, 5) is 32.8. The fourth-order valence-corrected chi connectivity index (χ4v) is 5.08. The molecule has 1 atom stereocenters. The highest BCUT2D eigenvalue weighted by atomic mass is 32.1. The van der Waals surface area contributed by atoms with Crippen molar-refractivity contribution in [2.45, 2.75) is 40.3 Å². The second-order valence-electron chi connectivity index (χ2n) is 8.94. The second kappa shape index (κ2) is 9.81. The minimum absolute atomic E-state index is 0.111. The fourth-order valence-electron chi connectivity index (χ4n) is 4.04. The van der Waals surface area contributed by atoms with Crippen LogP contribution in [-0.4, -0.2) is 33.3 Å². The molecule has 1 unspecified atom stereocenters. The number of carbonyl (C=O) groups excluding carboxylic acids is 2. The third-order valence-corrected chi connectivity index (χ3v) is 6.88. The van der Waals surface area contributed by atoms with Crippen LogP contribution in [0.4, 0.5) is 0 Å². The first kappa shape index (κ1) is 23.7. The summed E-state index contributed by atoms with van der Waals surface area (Å²) in [7, 11) is 0. The molecule has 6 nitrogen and oxygen atoms in total. The maximum Gasteiger partial charge on any atom is 0.295 e. The van der Waals surface area contributed by atoms with Crippen LogP contribution in [0.5, 0.6) is 5.75 Å². The Labute approximate surface area is 203 Å². The van der Waals surface area contributed by atoms with Gasteiger partial charge < -0.3 is 14.7 Å². The third-order valence-electron chi connectivity index (χ3n) is 5.81. The number of carbonyl (C=O) groups is 2. The molecule has 3 aromatic rings. The molecular formula is C27H28N2O4S. The molecule has 0 radical (unpaired) electrons. The van der Waals surface area contributed by atoms with E-state index in [1.807, 2.05) is 37.4 Å². The molecule has 1 aliphatic rings. The number of aliphatic hydroxyl groups is 1. The number of aliphatic hydroxyl groups excluding tert-OH is 1. The number of thiophene rings is 1. The number of ketones is 1. The monoisotopic (exact) mass is 476 g/mol. The first-order valence-corrected chi connectivity index (χ1v) is 12.1. The minimum Gasteiger partial charge on any atom is -0.507 e. The van der Waals surface area contributed by atoms with E-state index in [2.05, 4.69) is 18.8 Å². The number of hydrogen-bond acceptors (Lipinski definition) is 6. The molecule has 34 heavy (non-hydrogen) atoms. The van der Waals surface area contributed by atoms with Crippen LogP contribution in [0, 0.1) is 19.8 Å². The lowest BCUT2D eigenvalue weighted by molar-refractivity contribution is -0.140. The smallest absolute Gasteiger partial charge is 0.295 e. The molecule has 1 saturated heterocycles. The van der Waals surface area contributed by atoms with Gasteiger partial charge in [-0.1, -0.05) is 13.8 Å². The molecule has 7 heteroatoms. The number of likely N-dealkylation sites (tertiary alicyclic amines) is 1. The molecule has 0 aliphatic carbocycles. The van der Waals surface area contributed by atoms with Crippen LogP contribution in [-0.2, 0) is 16.1 Å². The summed E-state index contributed by atoms with van der Waals surface area (Å²) < 4.78 is 5.85. The van der Waals surface area contributed by atoms with Gasteiger partial charge in [0.15, 0.2) is 0 Å². The number of aryl methyl sites for hydroxylation is 2. The maximum absolute atomic E-state index is 13.2. The van der Waals surface area contributed by atoms with Crippen molar-refractivity contribution in [2.24, 2.45) is 5.92 Å². The Balaban J connectivity index is 1.78. The summed E-state index contributed by atoms with van der Waals surface area (Å²) >= 11 is 1.47. The number of amides is 1. The molecular weight excluding hydrogens is 448 g/mol. The molecule has 0 spiro atoms. The summed E-state index contributed by atoms with van der Waals surface area (Å²) in [5, 5.41) is 13.3. The summed E-state index contributed by atoms with van der Waals surface area (Å²) in [5.41, 5.74) is 3.27. The molecule has 1 fully saturated rings. The van der Waals surface area contributed by atoms with E-state index in [4.69, 9.17) is 4.74 Å². The number of hydrogen-bond donors (Lipinski definition) is 1. The van der Waals surface area contributed by atoms with E-state index < -0.39 is 17.7 Å². The molecule has 0 saturated carbocycles. The second-order valence-corrected chi connectivity index (χ2v) is 9.88. The Kier molecular flexibility index (Phi) is 6.84. The summed E-state index contributed by atoms with van der Waals surface area (Å²) in [6.45, 7) is 8.83. The van der Waals surface area contributed by atoms with Gasteiger partial charge in [-0.25, -0.2) is 0 Å². The van der Waals surface area contributed by atoms with Gasteiger partial charge in [0.25, 0.3) is 11.7 Å². The molecule has 4 rings (SSSR count). The predicted molar refractivity (Wildman–Crippen MR) is 133 cm³/mol. The molecule has 1 aliphatic heterocycles. The van der Waals surface area contributed by atoms with Crippen LogP contribution >= 0.6 is 11.3 Å². The maximum atomic E-state index is 13.2. The van der Waals surface area contributed by atoms with Gasteiger partial charge >= 0.3 is 0 Å². The quantitative estimate of drug-likeness (QED) is 0.280. The van der Waals surface area contributed by atoms with E-state index in [9.17, 15) is 14.7 Å². The molecule has 1 N–H and O–H groups in total. The zero-order chi connectivity index (χ0) is 24.4. The standard InChI is InChI=1S/C27H28N2O4S/c1-16(2)15-33-21-6-5-20(13-18(21)4)24(30)22-23(26-17(3)9-12-34-26)29(27(32)25(22)31)14-19-7-10-28-11-8-19/h5-13,16,23,30H,14-15H2,1-4H3/b24-22-. The van der Waals surface area contributed by atoms with Crippen LogP contribution in [0.15, 0.2) is 59.7 Å². The van der Waals surface area contributed by atoms with Gasteiger partial charge in [0.05, 0.1) is 12.2 Å². The van der Waals surface area contributed by atoms with E-state index >= 15 is 0 Å². The number of aromatic nitrogens is 1. The van der Waals surface area contributed by atoms with E-state index in [0.717, 1.165) is 27.3 Å². The number of rotatable bonds is 7. The van der Waals surface area contributed by atoms with Crippen LogP contribution in [0.2, 0.25) is 0 Å². The Morgan fingerprint density at radius 3 is 2.47 bits per heavy atom. The molecule has 176 valence electrons. The van der Waals surface area contributed by atoms with Crippen molar-refractivity contribution >= 4 is 28.8 Å². The van der Waals surface area contributed by atoms with Crippen LogP contribution < -0.4 is 4.74 Å². The zero-order valence-corrected chi connectivity index (χ0v) is 20.6. The van der Waals surface area contributed by atoms with E-state index in [1.54, 1.807) is 30.6 Å². The van der Waals surface area contributed by atoms with Crippen molar-refractivity contribution in [3.8, 4) is 5.75 Å². The fraction of sp³-hybridized carbons (Fsp3) is 0.296. The average molecular weight is 477 g/mol. The topological polar surface area (TPSA) is 79.7 Å². The normalized spacial score (nSPS) is 17.6.